The van der Waals surface area contributed by atoms with Gasteiger partial charge in [0.2, 0.25) is 0 Å². The first-order chi connectivity index (χ1) is 15.3. The molecule has 5 aromatic rings. The Kier molecular flexibility index (Phi) is 4.33. The maximum atomic E-state index is 6.47. The molecule has 1 aromatic heterocycles. The van der Waals surface area contributed by atoms with Gasteiger partial charge in [-0.05, 0) is 60.0 Å². The lowest BCUT2D eigenvalue weighted by atomic mass is 10.0. The molecule has 0 bridgehead atoms. The molecule has 0 fully saturated rings. The number of para-hydroxylation sites is 1. The Labute approximate surface area is 186 Å². The van der Waals surface area contributed by atoms with Gasteiger partial charge in [0.25, 0.3) is 0 Å². The van der Waals surface area contributed by atoms with Gasteiger partial charge in [-0.25, -0.2) is 0 Å². The highest BCUT2D eigenvalue weighted by Crippen LogP contribution is 2.38. The fourth-order valence-electron chi connectivity index (χ4n) is 4.62. The lowest BCUT2D eigenvalue weighted by Crippen LogP contribution is -2.02. The summed E-state index contributed by atoms with van der Waals surface area (Å²) < 4.78 is 2.36. The van der Waals surface area contributed by atoms with Crippen LogP contribution in [0.15, 0.2) is 108 Å². The average molecular weight is 421 g/mol. The van der Waals surface area contributed by atoms with E-state index in [1.807, 2.05) is 0 Å². The molecule has 0 radical (unpaired) electrons. The molecule has 6 rings (SSSR count). The standard InChI is InChI=1S/C28H21ClN2/c29-24-12-6-7-13-25(24)30-20-15-16-23-27(18-20)31(21-9-2-1-3-10-21)26-17-14-19-8-4-5-11-22(19)28(23)26/h1-5,7-11,13-18,30H,6,12H2. The van der Waals surface area contributed by atoms with Gasteiger partial charge in [0.05, 0.1) is 16.7 Å². The molecule has 0 amide bonds. The minimum absolute atomic E-state index is 0.886. The SMILES string of the molecule is ClC1=C(Nc2ccc3c4c5ccccc5ccc4n(-c4ccccc4)c3c2)C=CCC1. The molecule has 0 saturated carbocycles. The summed E-state index contributed by atoms with van der Waals surface area (Å²) in [5.41, 5.74) is 5.58. The number of hydrogen-bond donors (Lipinski definition) is 1. The van der Waals surface area contributed by atoms with Crippen molar-refractivity contribution in [1.29, 1.82) is 0 Å². The summed E-state index contributed by atoms with van der Waals surface area (Å²) in [4.78, 5) is 0. The van der Waals surface area contributed by atoms with Gasteiger partial charge >= 0.3 is 0 Å². The van der Waals surface area contributed by atoms with E-state index in [-0.39, 0.29) is 0 Å². The number of fused-ring (bicyclic) bond motifs is 5. The Balaban J connectivity index is 1.65. The van der Waals surface area contributed by atoms with E-state index in [1.54, 1.807) is 0 Å². The predicted octanol–water partition coefficient (Wildman–Crippen LogP) is 8.15. The molecule has 0 saturated heterocycles. The maximum Gasteiger partial charge on any atom is 0.0561 e. The second kappa shape index (κ2) is 7.33. The Morgan fingerprint density at radius 1 is 0.774 bits per heavy atom. The summed E-state index contributed by atoms with van der Waals surface area (Å²) in [5.74, 6) is 0. The molecular formula is C28H21ClN2. The fourth-order valence-corrected chi connectivity index (χ4v) is 4.84. The van der Waals surface area contributed by atoms with Gasteiger partial charge in [-0.3, -0.25) is 0 Å². The number of rotatable bonds is 3. The van der Waals surface area contributed by atoms with E-state index in [0.717, 1.165) is 34.9 Å². The van der Waals surface area contributed by atoms with Crippen LogP contribution >= 0.6 is 11.6 Å². The third-order valence-corrected chi connectivity index (χ3v) is 6.45. The van der Waals surface area contributed by atoms with Gasteiger partial charge in [-0.1, -0.05) is 72.3 Å². The number of hydrogen-bond acceptors (Lipinski definition) is 1. The van der Waals surface area contributed by atoms with Crippen molar-refractivity contribution in [2.45, 2.75) is 12.8 Å². The van der Waals surface area contributed by atoms with Crippen molar-refractivity contribution in [3.63, 3.8) is 0 Å². The zero-order valence-corrected chi connectivity index (χ0v) is 17.7. The van der Waals surface area contributed by atoms with Crippen molar-refractivity contribution in [2.75, 3.05) is 5.32 Å². The largest absolute Gasteiger partial charge is 0.355 e. The first kappa shape index (κ1) is 18.3. The fraction of sp³-hybridized carbons (Fsp3) is 0.0714. The molecule has 2 nitrogen and oxygen atoms in total. The van der Waals surface area contributed by atoms with E-state index in [4.69, 9.17) is 11.6 Å². The minimum atomic E-state index is 0.886. The summed E-state index contributed by atoms with van der Waals surface area (Å²) in [5, 5.41) is 9.49. The molecule has 1 aliphatic carbocycles. The number of aromatic nitrogens is 1. The molecule has 1 N–H and O–H groups in total. The normalized spacial score (nSPS) is 14.1. The zero-order chi connectivity index (χ0) is 20.8. The van der Waals surface area contributed by atoms with Gasteiger partial charge in [0.1, 0.15) is 0 Å². The van der Waals surface area contributed by atoms with Crippen LogP contribution in [0.3, 0.4) is 0 Å². The van der Waals surface area contributed by atoms with Crippen LogP contribution in [0.5, 0.6) is 0 Å². The molecule has 1 heterocycles. The van der Waals surface area contributed by atoms with E-state index < -0.39 is 0 Å². The van der Waals surface area contributed by atoms with Crippen LogP contribution in [0, 0.1) is 0 Å². The Morgan fingerprint density at radius 3 is 2.48 bits per heavy atom. The first-order valence-corrected chi connectivity index (χ1v) is 11.0. The Hall–Kier alpha value is -3.49. The van der Waals surface area contributed by atoms with Crippen LogP contribution in [-0.2, 0) is 0 Å². The minimum Gasteiger partial charge on any atom is -0.355 e. The van der Waals surface area contributed by atoms with Gasteiger partial charge in [0, 0.05) is 27.2 Å². The van der Waals surface area contributed by atoms with Crippen LogP contribution in [0.4, 0.5) is 5.69 Å². The molecule has 0 atom stereocenters. The summed E-state index contributed by atoms with van der Waals surface area (Å²) >= 11 is 6.47. The zero-order valence-electron chi connectivity index (χ0n) is 17.0. The lowest BCUT2D eigenvalue weighted by molar-refractivity contribution is 0.997. The van der Waals surface area contributed by atoms with Gasteiger partial charge in [-0.15, -0.1) is 0 Å². The first-order valence-electron chi connectivity index (χ1n) is 10.6. The molecule has 1 aliphatic rings. The monoisotopic (exact) mass is 420 g/mol. The number of nitrogens with zero attached hydrogens (tertiary/aromatic N) is 1. The van der Waals surface area contributed by atoms with Crippen LogP contribution in [0.2, 0.25) is 0 Å². The quantitative estimate of drug-likeness (QED) is 0.311. The second-order valence-electron chi connectivity index (χ2n) is 7.97. The summed E-state index contributed by atoms with van der Waals surface area (Å²) in [6, 6.07) is 30.3. The Morgan fingerprint density at radius 2 is 1.61 bits per heavy atom. The summed E-state index contributed by atoms with van der Waals surface area (Å²) in [7, 11) is 0. The third-order valence-electron chi connectivity index (χ3n) is 6.06. The highest BCUT2D eigenvalue weighted by Gasteiger charge is 2.15. The highest BCUT2D eigenvalue weighted by molar-refractivity contribution is 6.30. The van der Waals surface area contributed by atoms with Crippen molar-refractivity contribution in [1.82, 2.24) is 4.57 Å². The smallest absolute Gasteiger partial charge is 0.0561 e. The van der Waals surface area contributed by atoms with Gasteiger partial charge < -0.3 is 9.88 Å². The Bertz CT molecular complexity index is 1510. The van der Waals surface area contributed by atoms with Crippen molar-refractivity contribution < 1.29 is 0 Å². The van der Waals surface area contributed by atoms with Gasteiger partial charge in [-0.2, -0.15) is 0 Å². The number of nitrogens with one attached hydrogen (secondary N) is 1. The van der Waals surface area contributed by atoms with Crippen LogP contribution in [-0.4, -0.2) is 4.57 Å². The molecule has 31 heavy (non-hydrogen) atoms. The molecule has 0 spiro atoms. The van der Waals surface area contributed by atoms with E-state index in [9.17, 15) is 0 Å². The molecule has 3 heteroatoms. The summed E-state index contributed by atoms with van der Waals surface area (Å²) in [6.07, 6.45) is 6.13. The number of anilines is 1. The number of benzene rings is 4. The van der Waals surface area contributed by atoms with Crippen molar-refractivity contribution in [2.24, 2.45) is 0 Å². The van der Waals surface area contributed by atoms with Crippen molar-refractivity contribution in [3.8, 4) is 5.69 Å². The summed E-state index contributed by atoms with van der Waals surface area (Å²) in [6.45, 7) is 0. The van der Waals surface area contributed by atoms with Crippen LogP contribution in [0.25, 0.3) is 38.3 Å². The van der Waals surface area contributed by atoms with Crippen molar-refractivity contribution >= 4 is 49.9 Å². The van der Waals surface area contributed by atoms with E-state index >= 15 is 0 Å². The molecule has 0 unspecified atom stereocenters. The van der Waals surface area contributed by atoms with E-state index in [0.29, 0.717) is 0 Å². The highest BCUT2D eigenvalue weighted by atomic mass is 35.5. The van der Waals surface area contributed by atoms with Crippen LogP contribution < -0.4 is 5.32 Å². The van der Waals surface area contributed by atoms with Crippen LogP contribution in [0.1, 0.15) is 12.8 Å². The van der Waals surface area contributed by atoms with Crippen molar-refractivity contribution in [3.05, 3.63) is 108 Å². The third kappa shape index (κ3) is 3.03. The lowest BCUT2D eigenvalue weighted by Gasteiger charge is -2.14. The molecule has 0 aliphatic heterocycles. The molecular weight excluding hydrogens is 400 g/mol. The van der Waals surface area contributed by atoms with Gasteiger partial charge in [0.15, 0.2) is 0 Å². The van der Waals surface area contributed by atoms with E-state index in [1.165, 1.54) is 32.6 Å². The number of halogens is 1. The molecule has 150 valence electrons. The van der Waals surface area contributed by atoms with E-state index in [2.05, 4.69) is 107 Å². The topological polar surface area (TPSA) is 17.0 Å². The average Bonchev–Trinajstić information content (AvgIpc) is 3.15. The maximum absolute atomic E-state index is 6.47. The second-order valence-corrected chi connectivity index (χ2v) is 8.42. The predicted molar refractivity (Wildman–Crippen MR) is 133 cm³/mol. The number of allylic oxidation sites excluding steroid dienone is 3. The molecule has 4 aromatic carbocycles.